The van der Waals surface area contributed by atoms with E-state index in [-0.39, 0.29) is 5.91 Å². The fourth-order valence-electron chi connectivity index (χ4n) is 3.00. The van der Waals surface area contributed by atoms with Crippen LogP contribution in [0, 0.1) is 0 Å². The summed E-state index contributed by atoms with van der Waals surface area (Å²) in [5.74, 6) is 2.11. The van der Waals surface area contributed by atoms with Crippen LogP contribution >= 0.6 is 0 Å². The summed E-state index contributed by atoms with van der Waals surface area (Å²) in [5.41, 5.74) is 2.88. The Morgan fingerprint density at radius 3 is 2.33 bits per heavy atom. The molecule has 0 spiro atoms. The third kappa shape index (κ3) is 6.27. The summed E-state index contributed by atoms with van der Waals surface area (Å²) in [6, 6.07) is 23.2. The molecule has 0 unspecified atom stereocenters. The van der Waals surface area contributed by atoms with Gasteiger partial charge < -0.3 is 19.5 Å². The quantitative estimate of drug-likeness (QED) is 0.501. The zero-order chi connectivity index (χ0) is 21.2. The fraction of sp³-hybridized carbons (Fsp3) is 0.240. The number of ether oxygens (including phenoxy) is 3. The van der Waals surface area contributed by atoms with Gasteiger partial charge in [-0.25, -0.2) is 0 Å². The van der Waals surface area contributed by atoms with E-state index in [0.29, 0.717) is 37.6 Å². The van der Waals surface area contributed by atoms with Gasteiger partial charge in [0.05, 0.1) is 13.7 Å². The Bertz CT molecular complexity index is 939. The third-order valence-electron chi connectivity index (χ3n) is 4.56. The van der Waals surface area contributed by atoms with E-state index in [1.54, 1.807) is 7.11 Å². The Morgan fingerprint density at radius 2 is 1.63 bits per heavy atom. The number of amides is 1. The lowest BCUT2D eigenvalue weighted by Gasteiger charge is -2.11. The minimum atomic E-state index is -0.0409. The second-order valence-corrected chi connectivity index (χ2v) is 6.77. The van der Waals surface area contributed by atoms with E-state index in [1.165, 1.54) is 0 Å². The molecule has 5 heteroatoms. The second-order valence-electron chi connectivity index (χ2n) is 6.77. The van der Waals surface area contributed by atoms with E-state index in [0.717, 1.165) is 22.6 Å². The number of hydrogen-bond acceptors (Lipinski definition) is 4. The van der Waals surface area contributed by atoms with Gasteiger partial charge in [0.25, 0.3) is 0 Å². The van der Waals surface area contributed by atoms with Crippen LogP contribution in [0.25, 0.3) is 0 Å². The molecule has 30 heavy (non-hydrogen) atoms. The van der Waals surface area contributed by atoms with Crippen molar-refractivity contribution in [3.8, 4) is 17.2 Å². The summed E-state index contributed by atoms with van der Waals surface area (Å²) < 4.78 is 16.7. The lowest BCUT2D eigenvalue weighted by atomic mass is 10.1. The standard InChI is InChI=1S/C25H27NO4/c1-3-29-23-15-9-19(17-24(23)28-2)10-16-25(27)26-21-11-13-22(14-12-21)30-18-20-7-5-4-6-8-20/h4-9,11-15,17H,3,10,16,18H2,1-2H3,(H,26,27). The Labute approximate surface area is 177 Å². The predicted octanol–water partition coefficient (Wildman–Crippen LogP) is 5.24. The molecule has 0 aromatic heterocycles. The molecule has 3 aromatic carbocycles. The first-order valence-electron chi connectivity index (χ1n) is 10.0. The molecule has 0 heterocycles. The summed E-state index contributed by atoms with van der Waals surface area (Å²) in [7, 11) is 1.61. The number of hydrogen-bond donors (Lipinski definition) is 1. The van der Waals surface area contributed by atoms with Crippen LogP contribution in [0.5, 0.6) is 17.2 Å². The predicted molar refractivity (Wildman–Crippen MR) is 118 cm³/mol. The molecular formula is C25H27NO4. The van der Waals surface area contributed by atoms with Gasteiger partial charge in [-0.3, -0.25) is 4.79 Å². The van der Waals surface area contributed by atoms with E-state index < -0.39 is 0 Å². The molecule has 0 aliphatic rings. The highest BCUT2D eigenvalue weighted by molar-refractivity contribution is 5.90. The van der Waals surface area contributed by atoms with Crippen LogP contribution in [-0.2, 0) is 17.8 Å². The van der Waals surface area contributed by atoms with E-state index in [1.807, 2.05) is 79.7 Å². The van der Waals surface area contributed by atoms with Crippen LogP contribution < -0.4 is 19.5 Å². The molecule has 0 atom stereocenters. The zero-order valence-corrected chi connectivity index (χ0v) is 17.4. The van der Waals surface area contributed by atoms with Crippen LogP contribution in [0.1, 0.15) is 24.5 Å². The van der Waals surface area contributed by atoms with Crippen molar-refractivity contribution in [2.75, 3.05) is 19.0 Å². The van der Waals surface area contributed by atoms with E-state index in [4.69, 9.17) is 14.2 Å². The molecule has 3 aromatic rings. The Hall–Kier alpha value is -3.47. The van der Waals surface area contributed by atoms with Gasteiger partial charge >= 0.3 is 0 Å². The van der Waals surface area contributed by atoms with E-state index >= 15 is 0 Å². The normalized spacial score (nSPS) is 10.3. The van der Waals surface area contributed by atoms with Crippen molar-refractivity contribution in [3.63, 3.8) is 0 Å². The van der Waals surface area contributed by atoms with Crippen LogP contribution in [0.15, 0.2) is 72.8 Å². The van der Waals surface area contributed by atoms with E-state index in [2.05, 4.69) is 5.32 Å². The Kier molecular flexibility index (Phi) is 7.72. The van der Waals surface area contributed by atoms with Crippen molar-refractivity contribution in [3.05, 3.63) is 83.9 Å². The van der Waals surface area contributed by atoms with Crippen LogP contribution in [0.3, 0.4) is 0 Å². The van der Waals surface area contributed by atoms with Crippen molar-refractivity contribution in [1.29, 1.82) is 0 Å². The van der Waals surface area contributed by atoms with Crippen LogP contribution in [0.4, 0.5) is 5.69 Å². The maximum Gasteiger partial charge on any atom is 0.224 e. The molecule has 0 saturated carbocycles. The molecule has 0 aliphatic carbocycles. The molecule has 0 radical (unpaired) electrons. The lowest BCUT2D eigenvalue weighted by Crippen LogP contribution is -2.12. The molecule has 156 valence electrons. The van der Waals surface area contributed by atoms with Crippen molar-refractivity contribution < 1.29 is 19.0 Å². The molecule has 0 bridgehead atoms. The van der Waals surface area contributed by atoms with Gasteiger partial charge in [0.15, 0.2) is 11.5 Å². The van der Waals surface area contributed by atoms with Crippen molar-refractivity contribution in [2.24, 2.45) is 0 Å². The SMILES string of the molecule is CCOc1ccc(CCC(=O)Nc2ccc(OCc3ccccc3)cc2)cc1OC. The van der Waals surface area contributed by atoms with Gasteiger partial charge in [-0.15, -0.1) is 0 Å². The first kappa shape index (κ1) is 21.2. The molecule has 3 rings (SSSR count). The van der Waals surface area contributed by atoms with Gasteiger partial charge in [-0.1, -0.05) is 36.4 Å². The molecule has 5 nitrogen and oxygen atoms in total. The lowest BCUT2D eigenvalue weighted by molar-refractivity contribution is -0.116. The fourth-order valence-corrected chi connectivity index (χ4v) is 3.00. The number of benzene rings is 3. The zero-order valence-electron chi connectivity index (χ0n) is 17.4. The molecule has 1 amide bonds. The molecule has 1 N–H and O–H groups in total. The van der Waals surface area contributed by atoms with Crippen molar-refractivity contribution in [1.82, 2.24) is 0 Å². The summed E-state index contributed by atoms with van der Waals surface area (Å²) in [5, 5.41) is 2.92. The largest absolute Gasteiger partial charge is 0.493 e. The number of rotatable bonds is 10. The highest BCUT2D eigenvalue weighted by Gasteiger charge is 2.08. The minimum Gasteiger partial charge on any atom is -0.493 e. The highest BCUT2D eigenvalue weighted by atomic mass is 16.5. The highest BCUT2D eigenvalue weighted by Crippen LogP contribution is 2.28. The molecule has 0 saturated heterocycles. The van der Waals surface area contributed by atoms with Crippen LogP contribution in [0.2, 0.25) is 0 Å². The maximum atomic E-state index is 12.3. The Balaban J connectivity index is 1.47. The topological polar surface area (TPSA) is 56.8 Å². The first-order valence-corrected chi connectivity index (χ1v) is 10.0. The minimum absolute atomic E-state index is 0.0409. The number of anilines is 1. The smallest absolute Gasteiger partial charge is 0.224 e. The Morgan fingerprint density at radius 1 is 0.867 bits per heavy atom. The van der Waals surface area contributed by atoms with Gasteiger partial charge in [0.1, 0.15) is 12.4 Å². The summed E-state index contributed by atoms with van der Waals surface area (Å²) in [4.78, 5) is 12.3. The number of carbonyl (C=O) groups is 1. The first-order chi connectivity index (χ1) is 14.7. The van der Waals surface area contributed by atoms with Gasteiger partial charge in [0, 0.05) is 12.1 Å². The third-order valence-corrected chi connectivity index (χ3v) is 4.56. The number of methoxy groups -OCH3 is 1. The molecule has 0 fully saturated rings. The van der Waals surface area contributed by atoms with E-state index in [9.17, 15) is 4.79 Å². The van der Waals surface area contributed by atoms with Crippen molar-refractivity contribution in [2.45, 2.75) is 26.4 Å². The maximum absolute atomic E-state index is 12.3. The molecular weight excluding hydrogens is 378 g/mol. The molecule has 0 aliphatic heterocycles. The van der Waals surface area contributed by atoms with Gasteiger partial charge in [-0.05, 0) is 60.9 Å². The van der Waals surface area contributed by atoms with Gasteiger partial charge in [-0.2, -0.15) is 0 Å². The average Bonchev–Trinajstić information content (AvgIpc) is 2.79. The van der Waals surface area contributed by atoms with Crippen LogP contribution in [-0.4, -0.2) is 19.6 Å². The number of carbonyl (C=O) groups excluding carboxylic acids is 1. The summed E-state index contributed by atoms with van der Waals surface area (Å²) >= 11 is 0. The summed E-state index contributed by atoms with van der Waals surface area (Å²) in [6.45, 7) is 3.02. The monoisotopic (exact) mass is 405 g/mol. The van der Waals surface area contributed by atoms with Gasteiger partial charge in [0.2, 0.25) is 5.91 Å². The number of aryl methyl sites for hydroxylation is 1. The number of nitrogens with one attached hydrogen (secondary N) is 1. The second kappa shape index (κ2) is 10.9. The van der Waals surface area contributed by atoms with Crippen molar-refractivity contribution >= 4 is 11.6 Å². The average molecular weight is 405 g/mol. The summed E-state index contributed by atoms with van der Waals surface area (Å²) in [6.07, 6.45) is 0.996.